The van der Waals surface area contributed by atoms with Crippen LogP contribution < -0.4 is 15.1 Å². The molecule has 1 aromatic carbocycles. The van der Waals surface area contributed by atoms with Crippen molar-refractivity contribution in [1.29, 1.82) is 0 Å². The van der Waals surface area contributed by atoms with Gasteiger partial charge in [-0.2, -0.15) is 5.10 Å². The first-order chi connectivity index (χ1) is 11.2. The fraction of sp³-hybridized carbons (Fsp3) is 0.133. The molecule has 1 N–H and O–H groups in total. The lowest BCUT2D eigenvalue weighted by Gasteiger charge is -2.08. The van der Waals surface area contributed by atoms with Crippen LogP contribution >= 0.6 is 11.3 Å². The van der Waals surface area contributed by atoms with Crippen LogP contribution in [0.3, 0.4) is 0 Å². The van der Waals surface area contributed by atoms with Crippen molar-refractivity contribution in [3.8, 4) is 17.0 Å². The number of ether oxygens (including phenoxy) is 1. The number of hydrogen-bond acceptors (Lipinski definition) is 7. The number of hydrazone groups is 1. The fourth-order valence-electron chi connectivity index (χ4n) is 2.03. The van der Waals surface area contributed by atoms with Crippen LogP contribution in [0.1, 0.15) is 10.6 Å². The SMILES string of the molecule is COc1ccc(-c2no[n+]([O-])c2C)cc1N/N=C/c1cccs1. The van der Waals surface area contributed by atoms with E-state index in [4.69, 9.17) is 4.74 Å². The van der Waals surface area contributed by atoms with Crippen molar-refractivity contribution in [2.75, 3.05) is 12.5 Å². The van der Waals surface area contributed by atoms with Gasteiger partial charge in [0.2, 0.25) is 5.69 Å². The molecule has 0 radical (unpaired) electrons. The van der Waals surface area contributed by atoms with Gasteiger partial charge in [0.15, 0.2) is 0 Å². The summed E-state index contributed by atoms with van der Waals surface area (Å²) in [5.41, 5.74) is 5.21. The molecular weight excluding hydrogens is 316 g/mol. The van der Waals surface area contributed by atoms with E-state index >= 15 is 0 Å². The summed E-state index contributed by atoms with van der Waals surface area (Å²) >= 11 is 1.59. The van der Waals surface area contributed by atoms with Crippen LogP contribution in [0.2, 0.25) is 0 Å². The lowest BCUT2D eigenvalue weighted by Crippen LogP contribution is -2.25. The van der Waals surface area contributed by atoms with Gasteiger partial charge in [-0.1, -0.05) is 6.07 Å². The zero-order chi connectivity index (χ0) is 16.2. The third-order valence-electron chi connectivity index (χ3n) is 3.22. The minimum absolute atomic E-state index is 0.377. The maximum absolute atomic E-state index is 11.3. The molecule has 7 nitrogen and oxygen atoms in total. The van der Waals surface area contributed by atoms with Gasteiger partial charge in [0.05, 0.1) is 19.0 Å². The summed E-state index contributed by atoms with van der Waals surface area (Å²) in [6.45, 7) is 1.64. The lowest BCUT2D eigenvalue weighted by molar-refractivity contribution is -0.806. The molecule has 0 aliphatic rings. The van der Waals surface area contributed by atoms with E-state index < -0.39 is 0 Å². The van der Waals surface area contributed by atoms with Crippen molar-refractivity contribution < 1.29 is 14.3 Å². The number of benzene rings is 1. The number of thiophene rings is 1. The maximum atomic E-state index is 11.3. The highest BCUT2D eigenvalue weighted by Crippen LogP contribution is 2.30. The summed E-state index contributed by atoms with van der Waals surface area (Å²) in [6, 6.07) is 9.31. The first-order valence-electron chi connectivity index (χ1n) is 6.76. The number of nitrogens with one attached hydrogen (secondary N) is 1. The molecule has 0 amide bonds. The van der Waals surface area contributed by atoms with Gasteiger partial charge >= 0.3 is 0 Å². The zero-order valence-corrected chi connectivity index (χ0v) is 13.3. The highest BCUT2D eigenvalue weighted by Gasteiger charge is 2.18. The number of anilines is 1. The van der Waals surface area contributed by atoms with E-state index in [2.05, 4.69) is 20.3 Å². The Morgan fingerprint density at radius 1 is 1.43 bits per heavy atom. The molecule has 0 bridgehead atoms. The number of hydrogen-bond donors (Lipinski definition) is 1. The molecule has 0 aliphatic heterocycles. The molecule has 0 spiro atoms. The number of nitrogens with zero attached hydrogens (tertiary/aromatic N) is 3. The predicted molar refractivity (Wildman–Crippen MR) is 87.7 cm³/mol. The average Bonchev–Trinajstić information content (AvgIpc) is 3.19. The minimum atomic E-state index is 0.377. The Labute approximate surface area is 136 Å². The van der Waals surface area contributed by atoms with Crippen LogP contribution in [0.5, 0.6) is 5.75 Å². The van der Waals surface area contributed by atoms with Gasteiger partial charge in [0.25, 0.3) is 5.69 Å². The maximum Gasteiger partial charge on any atom is 0.251 e. The van der Waals surface area contributed by atoms with Crippen molar-refractivity contribution in [3.63, 3.8) is 0 Å². The van der Waals surface area contributed by atoms with Crippen LogP contribution in [0.4, 0.5) is 5.69 Å². The molecule has 8 heteroatoms. The average molecular weight is 330 g/mol. The molecule has 0 unspecified atom stereocenters. The number of rotatable bonds is 5. The quantitative estimate of drug-likeness (QED) is 0.441. The van der Waals surface area contributed by atoms with Gasteiger partial charge in [0, 0.05) is 22.5 Å². The fourth-order valence-corrected chi connectivity index (χ4v) is 2.61. The molecule has 3 rings (SSSR count). The third-order valence-corrected chi connectivity index (χ3v) is 4.02. The Balaban J connectivity index is 1.89. The van der Waals surface area contributed by atoms with Crippen molar-refractivity contribution in [3.05, 3.63) is 51.5 Å². The van der Waals surface area contributed by atoms with E-state index in [0.29, 0.717) is 27.7 Å². The monoisotopic (exact) mass is 330 g/mol. The van der Waals surface area contributed by atoms with E-state index in [-0.39, 0.29) is 0 Å². The van der Waals surface area contributed by atoms with Crippen LogP contribution in [-0.2, 0) is 0 Å². The lowest BCUT2D eigenvalue weighted by atomic mass is 10.1. The molecule has 0 atom stereocenters. The molecule has 3 aromatic rings. The summed E-state index contributed by atoms with van der Waals surface area (Å²) in [4.78, 5) is 1.41. The first kappa shape index (κ1) is 15.0. The van der Waals surface area contributed by atoms with Gasteiger partial charge in [-0.25, -0.2) is 0 Å². The highest BCUT2D eigenvalue weighted by molar-refractivity contribution is 7.11. The Hall–Kier alpha value is -2.87. The molecule has 118 valence electrons. The number of aromatic nitrogens is 2. The van der Waals surface area contributed by atoms with Crippen molar-refractivity contribution in [2.24, 2.45) is 5.10 Å². The molecule has 23 heavy (non-hydrogen) atoms. The second-order valence-electron chi connectivity index (χ2n) is 4.66. The Morgan fingerprint density at radius 2 is 2.30 bits per heavy atom. The van der Waals surface area contributed by atoms with Crippen LogP contribution in [0.15, 0.2) is 45.4 Å². The van der Waals surface area contributed by atoms with Gasteiger partial charge < -0.3 is 9.94 Å². The Kier molecular flexibility index (Phi) is 4.24. The largest absolute Gasteiger partial charge is 0.495 e. The summed E-state index contributed by atoms with van der Waals surface area (Å²) in [7, 11) is 1.58. The van der Waals surface area contributed by atoms with E-state index in [0.717, 1.165) is 10.4 Å². The smallest absolute Gasteiger partial charge is 0.251 e. The molecule has 2 heterocycles. The van der Waals surface area contributed by atoms with Crippen LogP contribution in [0, 0.1) is 12.1 Å². The Morgan fingerprint density at radius 3 is 2.96 bits per heavy atom. The van der Waals surface area contributed by atoms with E-state index in [1.54, 1.807) is 49.8 Å². The predicted octanol–water partition coefficient (Wildman–Crippen LogP) is 2.80. The highest BCUT2D eigenvalue weighted by atomic mass is 32.1. The zero-order valence-electron chi connectivity index (χ0n) is 12.5. The van der Waals surface area contributed by atoms with Crippen molar-refractivity contribution in [1.82, 2.24) is 5.16 Å². The molecule has 0 aliphatic carbocycles. The normalized spacial score (nSPS) is 11.0. The molecular formula is C15H14N4O3S. The summed E-state index contributed by atoms with van der Waals surface area (Å²) in [6.07, 6.45) is 1.73. The van der Waals surface area contributed by atoms with Crippen molar-refractivity contribution in [2.45, 2.75) is 6.92 Å². The van der Waals surface area contributed by atoms with Crippen molar-refractivity contribution >= 4 is 23.2 Å². The van der Waals surface area contributed by atoms with Gasteiger partial charge in [-0.15, -0.1) is 11.3 Å². The molecule has 0 saturated carbocycles. The standard InChI is InChI=1S/C15H14N4O3S/c1-10-15(18-22-19(10)20)11-5-6-14(21-2)13(8-11)17-16-9-12-4-3-7-23-12/h3-9,17H,1-2H3/b16-9+. The summed E-state index contributed by atoms with van der Waals surface area (Å²) < 4.78 is 9.92. The second kappa shape index (κ2) is 6.49. The molecule has 0 saturated heterocycles. The van der Waals surface area contributed by atoms with E-state index in [1.165, 1.54) is 0 Å². The van der Waals surface area contributed by atoms with Gasteiger partial charge in [-0.05, 0) is 34.5 Å². The second-order valence-corrected chi connectivity index (χ2v) is 5.64. The first-order valence-corrected chi connectivity index (χ1v) is 7.64. The molecule has 0 fully saturated rings. The minimum Gasteiger partial charge on any atom is -0.495 e. The number of methoxy groups -OCH3 is 1. The third kappa shape index (κ3) is 3.16. The summed E-state index contributed by atoms with van der Waals surface area (Å²) in [5, 5.41) is 21.3. The van der Waals surface area contributed by atoms with Gasteiger partial charge in [-0.3, -0.25) is 10.1 Å². The van der Waals surface area contributed by atoms with Crippen LogP contribution in [-0.4, -0.2) is 18.5 Å². The summed E-state index contributed by atoms with van der Waals surface area (Å²) in [5.74, 6) is 0.633. The molecule has 2 aromatic heterocycles. The Bertz CT molecular complexity index is 827. The van der Waals surface area contributed by atoms with Gasteiger partial charge in [0.1, 0.15) is 5.75 Å². The van der Waals surface area contributed by atoms with E-state index in [1.807, 2.05) is 17.5 Å². The topological polar surface area (TPSA) is 86.6 Å². The van der Waals surface area contributed by atoms with E-state index in [9.17, 15) is 5.21 Å². The van der Waals surface area contributed by atoms with Crippen LogP contribution in [0.25, 0.3) is 11.3 Å².